The first-order valence-electron chi connectivity index (χ1n) is 6.73. The number of amides is 2. The van der Waals surface area contributed by atoms with Gasteiger partial charge >= 0.3 is 0 Å². The molecule has 110 valence electrons. The molecule has 2 amide bonds. The van der Waals surface area contributed by atoms with Gasteiger partial charge < -0.3 is 15.5 Å². The molecule has 0 fully saturated rings. The Morgan fingerprint density at radius 2 is 1.80 bits per heavy atom. The number of carbonyl (C=O) groups excluding carboxylic acids is 2. The van der Waals surface area contributed by atoms with Gasteiger partial charge in [-0.15, -0.1) is 0 Å². The second kappa shape index (κ2) is 8.32. The third kappa shape index (κ3) is 5.84. The molecule has 0 heterocycles. The number of hydrogen-bond acceptors (Lipinski definition) is 3. The second-order valence-corrected chi connectivity index (χ2v) is 4.93. The quantitative estimate of drug-likeness (QED) is 0.779. The summed E-state index contributed by atoms with van der Waals surface area (Å²) in [6.45, 7) is 2.37. The van der Waals surface area contributed by atoms with Crippen molar-refractivity contribution < 1.29 is 9.59 Å². The van der Waals surface area contributed by atoms with Crippen molar-refractivity contribution in [3.8, 4) is 0 Å². The van der Waals surface area contributed by atoms with Crippen molar-refractivity contribution in [3.05, 3.63) is 35.9 Å². The van der Waals surface area contributed by atoms with Crippen LogP contribution in [0.2, 0.25) is 0 Å². The average molecular weight is 277 g/mol. The zero-order valence-corrected chi connectivity index (χ0v) is 12.3. The molecule has 0 saturated carbocycles. The maximum Gasteiger partial charge on any atom is 0.221 e. The van der Waals surface area contributed by atoms with Gasteiger partial charge in [0.25, 0.3) is 0 Å². The Kier molecular flexibility index (Phi) is 6.73. The first-order chi connectivity index (χ1) is 9.50. The van der Waals surface area contributed by atoms with Gasteiger partial charge in [0, 0.05) is 26.4 Å². The molecule has 1 unspecified atom stereocenters. The highest BCUT2D eigenvalue weighted by Crippen LogP contribution is 2.16. The SMILES string of the molecule is CC(=O)NCCC(=O)NCC(c1ccccc1)N(C)C. The van der Waals surface area contributed by atoms with Crippen LogP contribution in [0.3, 0.4) is 0 Å². The predicted molar refractivity (Wildman–Crippen MR) is 79.2 cm³/mol. The molecule has 5 heteroatoms. The normalized spacial score (nSPS) is 12.0. The fourth-order valence-electron chi connectivity index (χ4n) is 1.92. The summed E-state index contributed by atoms with van der Waals surface area (Å²) >= 11 is 0. The van der Waals surface area contributed by atoms with Crippen LogP contribution >= 0.6 is 0 Å². The molecule has 1 aromatic rings. The maximum atomic E-state index is 11.7. The van der Waals surface area contributed by atoms with Crippen molar-refractivity contribution in [2.75, 3.05) is 27.2 Å². The highest BCUT2D eigenvalue weighted by molar-refractivity contribution is 5.77. The van der Waals surface area contributed by atoms with E-state index in [0.29, 0.717) is 19.5 Å². The number of likely N-dealkylation sites (N-methyl/N-ethyl adjacent to an activating group) is 1. The van der Waals surface area contributed by atoms with E-state index < -0.39 is 0 Å². The van der Waals surface area contributed by atoms with E-state index in [4.69, 9.17) is 0 Å². The lowest BCUT2D eigenvalue weighted by Crippen LogP contribution is -2.36. The van der Waals surface area contributed by atoms with Crippen molar-refractivity contribution in [1.29, 1.82) is 0 Å². The number of nitrogens with one attached hydrogen (secondary N) is 2. The summed E-state index contributed by atoms with van der Waals surface area (Å²) in [4.78, 5) is 24.5. The van der Waals surface area contributed by atoms with Crippen molar-refractivity contribution in [3.63, 3.8) is 0 Å². The molecule has 0 aliphatic carbocycles. The van der Waals surface area contributed by atoms with Crippen LogP contribution in [0.5, 0.6) is 0 Å². The van der Waals surface area contributed by atoms with E-state index in [1.807, 2.05) is 44.4 Å². The van der Waals surface area contributed by atoms with E-state index in [0.717, 1.165) is 0 Å². The van der Waals surface area contributed by atoms with Gasteiger partial charge in [0.05, 0.1) is 6.04 Å². The number of nitrogens with zero attached hydrogens (tertiary/aromatic N) is 1. The zero-order valence-electron chi connectivity index (χ0n) is 12.3. The number of hydrogen-bond donors (Lipinski definition) is 2. The van der Waals surface area contributed by atoms with Gasteiger partial charge in [0.1, 0.15) is 0 Å². The molecule has 0 aromatic heterocycles. The van der Waals surface area contributed by atoms with Crippen LogP contribution in [-0.4, -0.2) is 43.9 Å². The van der Waals surface area contributed by atoms with Crippen LogP contribution in [-0.2, 0) is 9.59 Å². The van der Waals surface area contributed by atoms with Gasteiger partial charge in [-0.25, -0.2) is 0 Å². The van der Waals surface area contributed by atoms with E-state index in [1.165, 1.54) is 12.5 Å². The summed E-state index contributed by atoms with van der Waals surface area (Å²) in [5.74, 6) is -0.171. The van der Waals surface area contributed by atoms with Crippen molar-refractivity contribution in [2.24, 2.45) is 0 Å². The van der Waals surface area contributed by atoms with E-state index in [1.54, 1.807) is 0 Å². The lowest BCUT2D eigenvalue weighted by atomic mass is 10.1. The number of carbonyl (C=O) groups is 2. The molecule has 20 heavy (non-hydrogen) atoms. The lowest BCUT2D eigenvalue weighted by molar-refractivity contribution is -0.121. The van der Waals surface area contributed by atoms with Crippen LogP contribution in [0.25, 0.3) is 0 Å². The first-order valence-corrected chi connectivity index (χ1v) is 6.73. The average Bonchev–Trinajstić information content (AvgIpc) is 2.39. The van der Waals surface area contributed by atoms with Gasteiger partial charge in [-0.05, 0) is 19.7 Å². The van der Waals surface area contributed by atoms with E-state index in [-0.39, 0.29) is 17.9 Å². The van der Waals surface area contributed by atoms with E-state index in [9.17, 15) is 9.59 Å². The molecule has 1 rings (SSSR count). The maximum absolute atomic E-state index is 11.7. The molecule has 5 nitrogen and oxygen atoms in total. The highest BCUT2D eigenvalue weighted by Gasteiger charge is 2.14. The molecule has 0 spiro atoms. The van der Waals surface area contributed by atoms with Crippen molar-refractivity contribution in [2.45, 2.75) is 19.4 Å². The summed E-state index contributed by atoms with van der Waals surface area (Å²) in [6.07, 6.45) is 0.300. The molecule has 0 saturated heterocycles. The summed E-state index contributed by atoms with van der Waals surface area (Å²) in [6, 6.07) is 10.2. The molecule has 2 N–H and O–H groups in total. The van der Waals surface area contributed by atoms with E-state index in [2.05, 4.69) is 15.5 Å². The molecule has 0 bridgehead atoms. The molecular weight excluding hydrogens is 254 g/mol. The Morgan fingerprint density at radius 3 is 2.35 bits per heavy atom. The van der Waals surface area contributed by atoms with Crippen molar-refractivity contribution in [1.82, 2.24) is 15.5 Å². The smallest absolute Gasteiger partial charge is 0.221 e. The summed E-state index contributed by atoms with van der Waals surface area (Å²) < 4.78 is 0. The molecule has 0 radical (unpaired) electrons. The van der Waals surface area contributed by atoms with Gasteiger partial charge in [0.15, 0.2) is 0 Å². The molecular formula is C15H23N3O2. The summed E-state index contributed by atoms with van der Waals surface area (Å²) in [7, 11) is 3.97. The Balaban J connectivity index is 2.44. The second-order valence-electron chi connectivity index (χ2n) is 4.93. The van der Waals surface area contributed by atoms with Crippen LogP contribution in [0, 0.1) is 0 Å². The van der Waals surface area contributed by atoms with E-state index >= 15 is 0 Å². The monoisotopic (exact) mass is 277 g/mol. The minimum absolute atomic E-state index is 0.0541. The first kappa shape index (κ1) is 16.2. The summed E-state index contributed by atoms with van der Waals surface area (Å²) in [5, 5.41) is 5.51. The summed E-state index contributed by atoms with van der Waals surface area (Å²) in [5.41, 5.74) is 1.17. The van der Waals surface area contributed by atoms with Gasteiger partial charge in [-0.3, -0.25) is 9.59 Å². The van der Waals surface area contributed by atoms with Crippen LogP contribution in [0.15, 0.2) is 30.3 Å². The Labute approximate surface area is 120 Å². The van der Waals surface area contributed by atoms with Gasteiger partial charge in [-0.2, -0.15) is 0 Å². The minimum Gasteiger partial charge on any atom is -0.356 e. The topological polar surface area (TPSA) is 61.4 Å². The lowest BCUT2D eigenvalue weighted by Gasteiger charge is -2.25. The highest BCUT2D eigenvalue weighted by atomic mass is 16.2. The number of benzene rings is 1. The molecule has 0 aliphatic rings. The third-order valence-corrected chi connectivity index (χ3v) is 3.03. The molecule has 0 aliphatic heterocycles. The fraction of sp³-hybridized carbons (Fsp3) is 0.467. The van der Waals surface area contributed by atoms with Crippen molar-refractivity contribution >= 4 is 11.8 Å². The van der Waals surface area contributed by atoms with Crippen LogP contribution in [0.4, 0.5) is 0 Å². The third-order valence-electron chi connectivity index (χ3n) is 3.03. The Bertz CT molecular complexity index is 432. The predicted octanol–water partition coefficient (Wildman–Crippen LogP) is 0.932. The van der Waals surface area contributed by atoms with Gasteiger partial charge in [0.2, 0.25) is 11.8 Å². The largest absolute Gasteiger partial charge is 0.356 e. The van der Waals surface area contributed by atoms with Gasteiger partial charge in [-0.1, -0.05) is 30.3 Å². The standard InChI is InChI=1S/C15H23N3O2/c1-12(19)16-10-9-15(20)17-11-14(18(2)3)13-7-5-4-6-8-13/h4-8,14H,9-11H2,1-3H3,(H,16,19)(H,17,20). The Morgan fingerprint density at radius 1 is 1.15 bits per heavy atom. The number of rotatable bonds is 7. The molecule has 1 aromatic carbocycles. The zero-order chi connectivity index (χ0) is 15.0. The minimum atomic E-state index is -0.117. The van der Waals surface area contributed by atoms with Crippen LogP contribution < -0.4 is 10.6 Å². The van der Waals surface area contributed by atoms with Crippen LogP contribution in [0.1, 0.15) is 24.9 Å². The fourth-order valence-corrected chi connectivity index (χ4v) is 1.92. The Hall–Kier alpha value is -1.88. The molecule has 1 atom stereocenters.